The number of carboxylic acids is 1. The number of amides is 2. The molecule has 3 N–H and O–H groups in total. The van der Waals surface area contributed by atoms with Crippen molar-refractivity contribution in [2.75, 3.05) is 0 Å². The van der Waals surface area contributed by atoms with Gasteiger partial charge >= 0.3 is 5.97 Å². The molecule has 0 saturated carbocycles. The Labute approximate surface area is 217 Å². The van der Waals surface area contributed by atoms with Crippen molar-refractivity contribution >= 4 is 35.6 Å². The van der Waals surface area contributed by atoms with E-state index in [0.29, 0.717) is 22.6 Å². The van der Waals surface area contributed by atoms with Gasteiger partial charge in [-0.05, 0) is 48.0 Å². The zero-order valence-electron chi connectivity index (χ0n) is 19.4. The number of nitrogens with zero attached hydrogens (tertiary/aromatic N) is 1. The number of furan rings is 1. The third-order valence-corrected chi connectivity index (χ3v) is 5.75. The SMILES string of the molecule is O=C(C[C@@H](NC(=O)c1ccccc1)c1ccccc1)N/N=C\c1ccc(-c2ccc(Cl)c(C(=O)O)c2)o1. The highest BCUT2D eigenvalue weighted by Gasteiger charge is 2.19. The second-order valence-corrected chi connectivity index (χ2v) is 8.41. The average Bonchev–Trinajstić information content (AvgIpc) is 3.38. The van der Waals surface area contributed by atoms with Gasteiger partial charge in [0.2, 0.25) is 5.91 Å². The number of carbonyl (C=O) groups is 3. The van der Waals surface area contributed by atoms with Crippen LogP contribution in [-0.4, -0.2) is 29.1 Å². The Morgan fingerprint density at radius 3 is 2.35 bits per heavy atom. The van der Waals surface area contributed by atoms with E-state index in [1.54, 1.807) is 42.5 Å². The number of hydrogen-bond donors (Lipinski definition) is 3. The predicted octanol–water partition coefficient (Wildman–Crippen LogP) is 5.31. The van der Waals surface area contributed by atoms with Gasteiger partial charge in [-0.3, -0.25) is 9.59 Å². The van der Waals surface area contributed by atoms with Gasteiger partial charge in [-0.25, -0.2) is 10.2 Å². The molecule has 1 aromatic heterocycles. The summed E-state index contributed by atoms with van der Waals surface area (Å²) in [6.07, 6.45) is 1.29. The number of benzene rings is 3. The van der Waals surface area contributed by atoms with E-state index in [0.717, 1.165) is 5.56 Å². The van der Waals surface area contributed by atoms with Crippen LogP contribution in [0.25, 0.3) is 11.3 Å². The summed E-state index contributed by atoms with van der Waals surface area (Å²) in [7, 11) is 0. The molecular weight excluding hydrogens is 494 g/mol. The smallest absolute Gasteiger partial charge is 0.337 e. The van der Waals surface area contributed by atoms with Crippen molar-refractivity contribution in [1.82, 2.24) is 10.7 Å². The third-order valence-electron chi connectivity index (χ3n) is 5.42. The fraction of sp³-hybridized carbons (Fsp3) is 0.0714. The zero-order chi connectivity index (χ0) is 26.2. The Hall–Kier alpha value is -4.69. The summed E-state index contributed by atoms with van der Waals surface area (Å²) in [5.41, 5.74) is 4.22. The molecule has 0 spiro atoms. The average molecular weight is 516 g/mol. The topological polar surface area (TPSA) is 121 Å². The van der Waals surface area contributed by atoms with Crippen molar-refractivity contribution in [3.05, 3.63) is 118 Å². The van der Waals surface area contributed by atoms with Gasteiger partial charge in [0.15, 0.2) is 0 Å². The second-order valence-electron chi connectivity index (χ2n) is 8.00. The quantitative estimate of drug-likeness (QED) is 0.206. The fourth-order valence-corrected chi connectivity index (χ4v) is 3.79. The van der Waals surface area contributed by atoms with Crippen molar-refractivity contribution in [2.24, 2.45) is 5.10 Å². The van der Waals surface area contributed by atoms with Gasteiger partial charge in [-0.2, -0.15) is 5.10 Å². The summed E-state index contributed by atoms with van der Waals surface area (Å²) in [4.78, 5) is 36.6. The van der Waals surface area contributed by atoms with Crippen LogP contribution in [0.5, 0.6) is 0 Å². The van der Waals surface area contributed by atoms with E-state index in [9.17, 15) is 19.5 Å². The largest absolute Gasteiger partial charge is 0.478 e. The molecular formula is C28H22ClN3O5. The molecule has 1 atom stereocenters. The Morgan fingerprint density at radius 1 is 0.946 bits per heavy atom. The third kappa shape index (κ3) is 6.71. The predicted molar refractivity (Wildman–Crippen MR) is 140 cm³/mol. The summed E-state index contributed by atoms with van der Waals surface area (Å²) in [6.45, 7) is 0. The molecule has 3 aromatic carbocycles. The number of hydrogen-bond acceptors (Lipinski definition) is 5. The summed E-state index contributed by atoms with van der Waals surface area (Å²) < 4.78 is 5.68. The molecule has 0 unspecified atom stereocenters. The lowest BCUT2D eigenvalue weighted by Gasteiger charge is -2.18. The first-order valence-corrected chi connectivity index (χ1v) is 11.6. The maximum absolute atomic E-state index is 12.7. The lowest BCUT2D eigenvalue weighted by Crippen LogP contribution is -2.32. The molecule has 0 aliphatic rings. The number of nitrogens with one attached hydrogen (secondary N) is 2. The number of rotatable bonds is 9. The van der Waals surface area contributed by atoms with Crippen molar-refractivity contribution in [2.45, 2.75) is 12.5 Å². The van der Waals surface area contributed by atoms with Gasteiger partial charge in [-0.15, -0.1) is 0 Å². The molecule has 186 valence electrons. The Morgan fingerprint density at radius 2 is 1.65 bits per heavy atom. The summed E-state index contributed by atoms with van der Waals surface area (Å²) >= 11 is 5.92. The highest BCUT2D eigenvalue weighted by molar-refractivity contribution is 6.33. The van der Waals surface area contributed by atoms with Crippen molar-refractivity contribution in [1.29, 1.82) is 0 Å². The van der Waals surface area contributed by atoms with Crippen LogP contribution in [0.15, 0.2) is 101 Å². The molecule has 4 aromatic rings. The van der Waals surface area contributed by atoms with Crippen LogP contribution in [-0.2, 0) is 4.79 Å². The highest BCUT2D eigenvalue weighted by atomic mass is 35.5. The first kappa shape index (κ1) is 25.4. The van der Waals surface area contributed by atoms with Gasteiger partial charge < -0.3 is 14.8 Å². The fourth-order valence-electron chi connectivity index (χ4n) is 3.59. The van der Waals surface area contributed by atoms with Gasteiger partial charge in [0.1, 0.15) is 11.5 Å². The highest BCUT2D eigenvalue weighted by Crippen LogP contribution is 2.26. The number of halogens is 1. The molecule has 1 heterocycles. The maximum atomic E-state index is 12.7. The molecule has 37 heavy (non-hydrogen) atoms. The van der Waals surface area contributed by atoms with E-state index in [-0.39, 0.29) is 22.9 Å². The molecule has 0 bridgehead atoms. The molecule has 0 fully saturated rings. The standard InChI is InChI=1S/C28H22ClN3O5/c29-23-13-11-20(15-22(23)28(35)36)25-14-12-21(37-25)17-30-32-26(33)16-24(18-7-3-1-4-8-18)31-27(34)19-9-5-2-6-10-19/h1-15,17,24H,16H2,(H,31,34)(H,32,33)(H,35,36)/b30-17-/t24-/m1/s1. The number of aromatic carboxylic acids is 1. The number of carboxylic acid groups (broad SMARTS) is 1. The van der Waals surface area contributed by atoms with Crippen LogP contribution < -0.4 is 10.7 Å². The van der Waals surface area contributed by atoms with Crippen LogP contribution >= 0.6 is 11.6 Å². The minimum atomic E-state index is -1.14. The van der Waals surface area contributed by atoms with E-state index in [2.05, 4.69) is 15.8 Å². The normalized spacial score (nSPS) is 11.7. The monoisotopic (exact) mass is 515 g/mol. The van der Waals surface area contributed by atoms with E-state index >= 15 is 0 Å². The lowest BCUT2D eigenvalue weighted by atomic mass is 10.0. The molecule has 4 rings (SSSR count). The molecule has 0 aliphatic carbocycles. The first-order chi connectivity index (χ1) is 17.9. The Balaban J connectivity index is 1.40. The van der Waals surface area contributed by atoms with Gasteiger partial charge in [0.25, 0.3) is 5.91 Å². The van der Waals surface area contributed by atoms with Crippen LogP contribution in [0.2, 0.25) is 5.02 Å². The van der Waals surface area contributed by atoms with Crippen molar-refractivity contribution in [3.8, 4) is 11.3 Å². The zero-order valence-corrected chi connectivity index (χ0v) is 20.2. The Kier molecular flexibility index (Phi) is 8.12. The minimum Gasteiger partial charge on any atom is -0.478 e. The lowest BCUT2D eigenvalue weighted by molar-refractivity contribution is -0.121. The van der Waals surface area contributed by atoms with Crippen LogP contribution in [0, 0.1) is 0 Å². The first-order valence-electron chi connectivity index (χ1n) is 11.3. The van der Waals surface area contributed by atoms with E-state index < -0.39 is 17.9 Å². The minimum absolute atomic E-state index is 0.0356. The molecule has 2 amide bonds. The summed E-state index contributed by atoms with van der Waals surface area (Å²) in [5.74, 6) is -1.08. The van der Waals surface area contributed by atoms with E-state index in [4.69, 9.17) is 16.0 Å². The molecule has 8 nitrogen and oxygen atoms in total. The second kappa shape index (κ2) is 11.8. The molecule has 0 saturated heterocycles. The molecule has 0 radical (unpaired) electrons. The van der Waals surface area contributed by atoms with Gasteiger partial charge in [0, 0.05) is 11.1 Å². The van der Waals surface area contributed by atoms with Gasteiger partial charge in [0.05, 0.1) is 29.3 Å². The van der Waals surface area contributed by atoms with E-state index in [1.165, 1.54) is 18.3 Å². The van der Waals surface area contributed by atoms with Crippen molar-refractivity contribution in [3.63, 3.8) is 0 Å². The molecule has 0 aliphatic heterocycles. The van der Waals surface area contributed by atoms with Crippen LogP contribution in [0.1, 0.15) is 44.5 Å². The summed E-state index contributed by atoms with van der Waals surface area (Å²) in [5, 5.41) is 16.2. The van der Waals surface area contributed by atoms with Crippen LogP contribution in [0.4, 0.5) is 0 Å². The molecule has 9 heteroatoms. The maximum Gasteiger partial charge on any atom is 0.337 e. The Bertz CT molecular complexity index is 1430. The van der Waals surface area contributed by atoms with E-state index in [1.807, 2.05) is 36.4 Å². The summed E-state index contributed by atoms with van der Waals surface area (Å²) in [6, 6.07) is 25.2. The van der Waals surface area contributed by atoms with Crippen molar-refractivity contribution < 1.29 is 23.9 Å². The van der Waals surface area contributed by atoms with Crippen LogP contribution in [0.3, 0.4) is 0 Å². The van der Waals surface area contributed by atoms with Gasteiger partial charge in [-0.1, -0.05) is 60.1 Å². The number of carbonyl (C=O) groups excluding carboxylic acids is 2. The number of hydrazone groups is 1.